The fourth-order valence-electron chi connectivity index (χ4n) is 2.12. The van der Waals surface area contributed by atoms with Crippen LogP contribution in [0.3, 0.4) is 0 Å². The molecule has 0 aliphatic rings. The summed E-state index contributed by atoms with van der Waals surface area (Å²) in [6.45, 7) is 6.98. The van der Waals surface area contributed by atoms with Crippen molar-refractivity contribution in [3.63, 3.8) is 0 Å². The highest BCUT2D eigenvalue weighted by Crippen LogP contribution is 2.29. The Bertz CT molecular complexity index is 477. The van der Waals surface area contributed by atoms with Crippen LogP contribution in [0.5, 0.6) is 0 Å². The Morgan fingerprint density at radius 1 is 1.45 bits per heavy atom. The number of anilines is 2. The molecule has 0 saturated heterocycles. The first-order valence-corrected chi connectivity index (χ1v) is 7.01. The van der Waals surface area contributed by atoms with Crippen LogP contribution in [0.25, 0.3) is 0 Å². The molecule has 1 atom stereocenters. The van der Waals surface area contributed by atoms with Gasteiger partial charge in [0.15, 0.2) is 0 Å². The van der Waals surface area contributed by atoms with Crippen LogP contribution in [-0.4, -0.2) is 23.7 Å². The van der Waals surface area contributed by atoms with E-state index in [0.717, 1.165) is 25.8 Å². The molecular weight excluding hydrogens is 259 g/mol. The van der Waals surface area contributed by atoms with Crippen molar-refractivity contribution in [3.8, 4) is 0 Å². The second-order valence-electron chi connectivity index (χ2n) is 5.00. The maximum Gasteiger partial charge on any atom is 0.338 e. The number of hydrogen-bond acceptors (Lipinski definition) is 3. The minimum atomic E-state index is -1.30. The number of carboxylic acid groups (broad SMARTS) is 1. The molecule has 0 heterocycles. The molecule has 0 aliphatic heterocycles. The molecule has 0 radical (unpaired) electrons. The maximum absolute atomic E-state index is 13.9. The van der Waals surface area contributed by atoms with Crippen molar-refractivity contribution in [3.05, 3.63) is 23.5 Å². The van der Waals surface area contributed by atoms with Crippen LogP contribution in [0.4, 0.5) is 15.8 Å². The lowest BCUT2D eigenvalue weighted by molar-refractivity contribution is 0.0692. The van der Waals surface area contributed by atoms with Crippen LogP contribution in [0.1, 0.15) is 50.4 Å². The standard InChI is InChI=1S/C15H23FN2O2/c1-4-6-7-18(10(3)5-2)14-9-12(16)11(15(19)20)8-13(14)17/h8-10H,4-7,17H2,1-3H3,(H,19,20). The summed E-state index contributed by atoms with van der Waals surface area (Å²) in [6, 6.07) is 2.66. The van der Waals surface area contributed by atoms with Crippen LogP contribution >= 0.6 is 0 Å². The van der Waals surface area contributed by atoms with Gasteiger partial charge in [0.2, 0.25) is 0 Å². The molecule has 1 unspecified atom stereocenters. The van der Waals surface area contributed by atoms with Gasteiger partial charge < -0.3 is 15.7 Å². The second kappa shape index (κ2) is 7.12. The highest BCUT2D eigenvalue weighted by atomic mass is 19.1. The van der Waals surface area contributed by atoms with E-state index in [1.165, 1.54) is 12.1 Å². The van der Waals surface area contributed by atoms with Crippen molar-refractivity contribution in [2.45, 2.75) is 46.1 Å². The Morgan fingerprint density at radius 3 is 2.60 bits per heavy atom. The van der Waals surface area contributed by atoms with Gasteiger partial charge in [0.05, 0.1) is 16.9 Å². The van der Waals surface area contributed by atoms with Crippen molar-refractivity contribution in [2.75, 3.05) is 17.2 Å². The number of nitrogens with two attached hydrogens (primary N) is 1. The van der Waals surface area contributed by atoms with Gasteiger partial charge in [0, 0.05) is 18.7 Å². The zero-order valence-corrected chi connectivity index (χ0v) is 12.3. The van der Waals surface area contributed by atoms with Crippen molar-refractivity contribution in [1.29, 1.82) is 0 Å². The first-order valence-electron chi connectivity index (χ1n) is 7.01. The summed E-state index contributed by atoms with van der Waals surface area (Å²) >= 11 is 0. The van der Waals surface area contributed by atoms with E-state index in [-0.39, 0.29) is 11.6 Å². The number of carbonyl (C=O) groups is 1. The lowest BCUT2D eigenvalue weighted by atomic mass is 10.1. The Hall–Kier alpha value is -1.78. The average molecular weight is 282 g/mol. The molecule has 1 rings (SSSR count). The Kier molecular flexibility index (Phi) is 5.80. The number of aromatic carboxylic acids is 1. The van der Waals surface area contributed by atoms with Gasteiger partial charge in [-0.25, -0.2) is 9.18 Å². The fraction of sp³-hybridized carbons (Fsp3) is 0.533. The average Bonchev–Trinajstić information content (AvgIpc) is 2.41. The highest BCUT2D eigenvalue weighted by molar-refractivity contribution is 5.91. The third-order valence-corrected chi connectivity index (χ3v) is 3.53. The van der Waals surface area contributed by atoms with Gasteiger partial charge in [-0.2, -0.15) is 0 Å². The van der Waals surface area contributed by atoms with E-state index >= 15 is 0 Å². The summed E-state index contributed by atoms with van der Waals surface area (Å²) in [5.74, 6) is -2.05. The summed E-state index contributed by atoms with van der Waals surface area (Å²) in [6.07, 6.45) is 2.92. The molecule has 0 saturated carbocycles. The molecule has 1 aromatic carbocycles. The van der Waals surface area contributed by atoms with Crippen LogP contribution in [0.2, 0.25) is 0 Å². The Morgan fingerprint density at radius 2 is 2.10 bits per heavy atom. The molecule has 20 heavy (non-hydrogen) atoms. The monoisotopic (exact) mass is 282 g/mol. The lowest BCUT2D eigenvalue weighted by Crippen LogP contribution is -2.34. The van der Waals surface area contributed by atoms with E-state index < -0.39 is 11.8 Å². The predicted octanol–water partition coefficient (Wildman–Crippen LogP) is 3.51. The smallest absolute Gasteiger partial charge is 0.338 e. The molecule has 0 fully saturated rings. The molecule has 0 amide bonds. The van der Waals surface area contributed by atoms with Crippen molar-refractivity contribution in [1.82, 2.24) is 0 Å². The molecule has 0 aliphatic carbocycles. The first-order chi connectivity index (χ1) is 9.42. The van der Waals surface area contributed by atoms with Crippen LogP contribution in [0.15, 0.2) is 12.1 Å². The topological polar surface area (TPSA) is 66.6 Å². The van der Waals surface area contributed by atoms with E-state index in [1.54, 1.807) is 0 Å². The van der Waals surface area contributed by atoms with Gasteiger partial charge in [-0.05, 0) is 25.8 Å². The number of rotatable bonds is 7. The summed E-state index contributed by atoms with van der Waals surface area (Å²) < 4.78 is 13.9. The first kappa shape index (κ1) is 16.3. The molecule has 1 aromatic rings. The lowest BCUT2D eigenvalue weighted by Gasteiger charge is -2.32. The Balaban J connectivity index is 3.19. The normalized spacial score (nSPS) is 12.2. The van der Waals surface area contributed by atoms with Gasteiger partial charge in [0.1, 0.15) is 5.82 Å². The number of halogens is 1. The highest BCUT2D eigenvalue weighted by Gasteiger charge is 2.19. The molecule has 4 nitrogen and oxygen atoms in total. The molecule has 0 aromatic heterocycles. The van der Waals surface area contributed by atoms with Crippen LogP contribution in [-0.2, 0) is 0 Å². The summed E-state index contributed by atoms with van der Waals surface area (Å²) in [5.41, 5.74) is 6.42. The minimum Gasteiger partial charge on any atom is -0.478 e. The summed E-state index contributed by atoms with van der Waals surface area (Å²) in [4.78, 5) is 13.0. The minimum absolute atomic E-state index is 0.221. The number of carboxylic acids is 1. The third-order valence-electron chi connectivity index (χ3n) is 3.53. The molecule has 5 heteroatoms. The zero-order chi connectivity index (χ0) is 15.3. The number of benzene rings is 1. The van der Waals surface area contributed by atoms with E-state index in [1.807, 2.05) is 4.90 Å². The third kappa shape index (κ3) is 3.62. The molecule has 112 valence electrons. The van der Waals surface area contributed by atoms with Crippen molar-refractivity contribution < 1.29 is 14.3 Å². The number of nitrogen functional groups attached to an aromatic ring is 1. The van der Waals surface area contributed by atoms with Gasteiger partial charge in [-0.15, -0.1) is 0 Å². The predicted molar refractivity (Wildman–Crippen MR) is 79.8 cm³/mol. The molecular formula is C15H23FN2O2. The number of unbranched alkanes of at least 4 members (excludes halogenated alkanes) is 1. The summed E-state index contributed by atoms with van der Waals surface area (Å²) in [5, 5.41) is 8.91. The van der Waals surface area contributed by atoms with Crippen LogP contribution < -0.4 is 10.6 Å². The maximum atomic E-state index is 13.9. The van der Waals surface area contributed by atoms with Crippen molar-refractivity contribution >= 4 is 17.3 Å². The largest absolute Gasteiger partial charge is 0.478 e. The van der Waals surface area contributed by atoms with Crippen LogP contribution in [0, 0.1) is 5.82 Å². The molecule has 0 spiro atoms. The quantitative estimate of drug-likeness (QED) is 0.751. The van der Waals surface area contributed by atoms with Crippen molar-refractivity contribution in [2.24, 2.45) is 0 Å². The molecule has 3 N–H and O–H groups in total. The van der Waals surface area contributed by atoms with Gasteiger partial charge in [0.25, 0.3) is 0 Å². The van der Waals surface area contributed by atoms with Gasteiger partial charge in [-0.3, -0.25) is 0 Å². The SMILES string of the molecule is CCCCN(c1cc(F)c(C(=O)O)cc1N)C(C)CC. The number of nitrogens with zero attached hydrogens (tertiary/aromatic N) is 1. The zero-order valence-electron chi connectivity index (χ0n) is 12.3. The van der Waals surface area contributed by atoms with E-state index in [9.17, 15) is 9.18 Å². The van der Waals surface area contributed by atoms with E-state index in [2.05, 4.69) is 20.8 Å². The van der Waals surface area contributed by atoms with E-state index in [0.29, 0.717) is 11.4 Å². The van der Waals surface area contributed by atoms with Gasteiger partial charge in [-0.1, -0.05) is 20.3 Å². The Labute approximate surface area is 119 Å². The number of hydrogen-bond donors (Lipinski definition) is 2. The van der Waals surface area contributed by atoms with Gasteiger partial charge >= 0.3 is 5.97 Å². The molecule has 0 bridgehead atoms. The van der Waals surface area contributed by atoms with E-state index in [4.69, 9.17) is 10.8 Å². The summed E-state index contributed by atoms with van der Waals surface area (Å²) in [7, 11) is 0. The fourth-order valence-corrected chi connectivity index (χ4v) is 2.12. The second-order valence-corrected chi connectivity index (χ2v) is 5.00.